The minimum Gasteiger partial charge on any atom is -0.355 e. The van der Waals surface area contributed by atoms with Crippen LogP contribution in [0.2, 0.25) is 5.15 Å². The Bertz CT molecular complexity index is 762. The van der Waals surface area contributed by atoms with Crippen LogP contribution in [0.4, 0.5) is 11.5 Å². The number of amides is 1. The number of halogens is 1. The molecule has 6 heteroatoms. The number of nitrogens with one attached hydrogen (secondary N) is 1. The topological polar surface area (TPSA) is 58.1 Å². The molecule has 3 rings (SSSR count). The first-order chi connectivity index (χ1) is 12.3. The van der Waals surface area contributed by atoms with Gasteiger partial charge in [0.25, 0.3) is 0 Å². The maximum Gasteiger partial charge on any atom is 0.227 e. The fourth-order valence-corrected chi connectivity index (χ4v) is 3.43. The largest absolute Gasteiger partial charge is 0.355 e. The van der Waals surface area contributed by atoms with Crippen LogP contribution in [0.25, 0.3) is 0 Å². The molecule has 2 aromatic rings. The zero-order valence-corrected chi connectivity index (χ0v) is 16.3. The smallest absolute Gasteiger partial charge is 0.227 e. The lowest BCUT2D eigenvalue weighted by Gasteiger charge is -2.32. The second-order valence-electron chi connectivity index (χ2n) is 7.76. The average molecular weight is 373 g/mol. The third kappa shape index (κ3) is 4.33. The van der Waals surface area contributed by atoms with Gasteiger partial charge in [-0.2, -0.15) is 0 Å². The summed E-state index contributed by atoms with van der Waals surface area (Å²) >= 11 is 5.79. The van der Waals surface area contributed by atoms with Gasteiger partial charge in [-0.3, -0.25) is 4.79 Å². The highest BCUT2D eigenvalue weighted by molar-refractivity contribution is 6.29. The molecule has 1 aliphatic heterocycles. The molecule has 2 heterocycles. The van der Waals surface area contributed by atoms with Gasteiger partial charge in [-0.25, -0.2) is 0 Å². The highest BCUT2D eigenvalue weighted by Gasteiger charge is 2.27. The summed E-state index contributed by atoms with van der Waals surface area (Å²) in [7, 11) is 0. The molecular weight excluding hydrogens is 348 g/mol. The summed E-state index contributed by atoms with van der Waals surface area (Å²) in [6.45, 7) is 8.04. The normalized spacial score (nSPS) is 15.8. The summed E-state index contributed by atoms with van der Waals surface area (Å²) in [4.78, 5) is 14.9. The van der Waals surface area contributed by atoms with Crippen LogP contribution in [0.1, 0.15) is 39.2 Å². The van der Waals surface area contributed by atoms with Gasteiger partial charge in [0.1, 0.15) is 0 Å². The van der Waals surface area contributed by atoms with Crippen molar-refractivity contribution in [3.63, 3.8) is 0 Å². The van der Waals surface area contributed by atoms with E-state index in [9.17, 15) is 4.79 Å². The Kier molecular flexibility index (Phi) is 5.47. The first-order valence-electron chi connectivity index (χ1n) is 8.99. The van der Waals surface area contributed by atoms with Crippen LogP contribution in [0.15, 0.2) is 36.4 Å². The molecular formula is C20H25ClN4O. The third-order valence-corrected chi connectivity index (χ3v) is 5.00. The molecule has 26 heavy (non-hydrogen) atoms. The third-order valence-electron chi connectivity index (χ3n) is 4.80. The van der Waals surface area contributed by atoms with Crippen molar-refractivity contribution in [3.8, 4) is 0 Å². The Morgan fingerprint density at radius 1 is 1.12 bits per heavy atom. The van der Waals surface area contributed by atoms with Crippen molar-refractivity contribution in [2.75, 3.05) is 23.3 Å². The second-order valence-corrected chi connectivity index (χ2v) is 8.15. The van der Waals surface area contributed by atoms with Gasteiger partial charge >= 0.3 is 0 Å². The number of aromatic nitrogens is 2. The molecule has 0 unspecified atom stereocenters. The molecule has 1 fully saturated rings. The number of anilines is 2. The molecule has 1 saturated heterocycles. The number of carbonyl (C=O) groups excluding carboxylic acids is 1. The Balaban J connectivity index is 1.62. The lowest BCUT2D eigenvalue weighted by molar-refractivity contribution is -0.120. The van der Waals surface area contributed by atoms with Crippen molar-refractivity contribution < 1.29 is 4.79 Å². The van der Waals surface area contributed by atoms with Crippen molar-refractivity contribution in [2.24, 2.45) is 5.92 Å². The lowest BCUT2D eigenvalue weighted by atomic mass is 9.85. The van der Waals surface area contributed by atoms with Crippen LogP contribution in [-0.2, 0) is 10.2 Å². The van der Waals surface area contributed by atoms with Crippen LogP contribution in [0.5, 0.6) is 0 Å². The first kappa shape index (κ1) is 18.6. The van der Waals surface area contributed by atoms with Gasteiger partial charge in [0.15, 0.2) is 11.0 Å². The fourth-order valence-electron chi connectivity index (χ4n) is 3.33. The highest BCUT2D eigenvalue weighted by atomic mass is 35.5. The van der Waals surface area contributed by atoms with Crippen LogP contribution in [0, 0.1) is 5.92 Å². The molecule has 0 bridgehead atoms. The number of piperidine rings is 1. The van der Waals surface area contributed by atoms with E-state index < -0.39 is 0 Å². The SMILES string of the molecule is CC(C)(C)c1ccccc1NC(=O)C1CCN(c2ccc(Cl)nn2)CC1. The summed E-state index contributed by atoms with van der Waals surface area (Å²) in [5, 5.41) is 11.5. The van der Waals surface area contributed by atoms with Gasteiger partial charge in [0.05, 0.1) is 0 Å². The summed E-state index contributed by atoms with van der Waals surface area (Å²) in [5.41, 5.74) is 2.05. The van der Waals surface area contributed by atoms with Crippen molar-refractivity contribution in [1.29, 1.82) is 0 Å². The standard InChI is InChI=1S/C20H25ClN4O/c1-20(2,3)15-6-4-5-7-16(15)22-19(26)14-10-12-25(13-11-14)18-9-8-17(21)23-24-18/h4-9,14H,10-13H2,1-3H3,(H,22,26). The minimum absolute atomic E-state index is 0.0134. The molecule has 0 radical (unpaired) electrons. The van der Waals surface area contributed by atoms with E-state index in [4.69, 9.17) is 11.6 Å². The lowest BCUT2D eigenvalue weighted by Crippen LogP contribution is -2.38. The molecule has 0 saturated carbocycles. The number of nitrogens with zero attached hydrogens (tertiary/aromatic N) is 3. The van der Waals surface area contributed by atoms with Crippen molar-refractivity contribution in [1.82, 2.24) is 10.2 Å². The zero-order chi connectivity index (χ0) is 18.7. The zero-order valence-electron chi connectivity index (χ0n) is 15.5. The van der Waals surface area contributed by atoms with E-state index in [0.29, 0.717) is 5.15 Å². The van der Waals surface area contributed by atoms with Gasteiger partial charge in [-0.15, -0.1) is 10.2 Å². The molecule has 0 aliphatic carbocycles. The number of rotatable bonds is 3. The number of hydrogen-bond acceptors (Lipinski definition) is 4. The monoisotopic (exact) mass is 372 g/mol. The number of benzene rings is 1. The van der Waals surface area contributed by atoms with Gasteiger partial charge in [0, 0.05) is 24.7 Å². The molecule has 1 N–H and O–H groups in total. The Morgan fingerprint density at radius 2 is 1.81 bits per heavy atom. The number of carbonyl (C=O) groups is 1. The van der Waals surface area contributed by atoms with Gasteiger partial charge in [0.2, 0.25) is 5.91 Å². The summed E-state index contributed by atoms with van der Waals surface area (Å²) in [6, 6.07) is 11.7. The van der Waals surface area contributed by atoms with Gasteiger partial charge in [-0.1, -0.05) is 50.6 Å². The van der Waals surface area contributed by atoms with E-state index in [-0.39, 0.29) is 17.2 Å². The molecule has 0 spiro atoms. The summed E-state index contributed by atoms with van der Waals surface area (Å²) in [5.74, 6) is 0.925. The molecule has 1 aromatic heterocycles. The molecule has 5 nitrogen and oxygen atoms in total. The molecule has 1 aromatic carbocycles. The number of para-hydroxylation sites is 1. The van der Waals surface area contributed by atoms with Gasteiger partial charge in [-0.05, 0) is 42.0 Å². The van der Waals surface area contributed by atoms with Crippen LogP contribution >= 0.6 is 11.6 Å². The average Bonchev–Trinajstić information content (AvgIpc) is 2.62. The van der Waals surface area contributed by atoms with Crippen LogP contribution < -0.4 is 10.2 Å². The van der Waals surface area contributed by atoms with Crippen LogP contribution in [-0.4, -0.2) is 29.2 Å². The molecule has 0 atom stereocenters. The fraction of sp³-hybridized carbons (Fsp3) is 0.450. The highest BCUT2D eigenvalue weighted by Crippen LogP contribution is 2.30. The van der Waals surface area contributed by atoms with Crippen LogP contribution in [0.3, 0.4) is 0 Å². The summed E-state index contributed by atoms with van der Waals surface area (Å²) < 4.78 is 0. The number of hydrogen-bond donors (Lipinski definition) is 1. The van der Waals surface area contributed by atoms with E-state index in [2.05, 4.69) is 47.3 Å². The molecule has 1 amide bonds. The second kappa shape index (κ2) is 7.62. The van der Waals surface area contributed by atoms with E-state index in [1.54, 1.807) is 6.07 Å². The first-order valence-corrected chi connectivity index (χ1v) is 9.37. The summed E-state index contributed by atoms with van der Waals surface area (Å²) in [6.07, 6.45) is 1.60. The minimum atomic E-state index is -0.0134. The maximum atomic E-state index is 12.8. The van der Waals surface area contributed by atoms with E-state index in [0.717, 1.165) is 43.0 Å². The Hall–Kier alpha value is -2.14. The molecule has 138 valence electrons. The molecule has 1 aliphatic rings. The van der Waals surface area contributed by atoms with E-state index >= 15 is 0 Å². The maximum absolute atomic E-state index is 12.8. The Morgan fingerprint density at radius 3 is 2.42 bits per heavy atom. The predicted molar refractivity (Wildman–Crippen MR) is 106 cm³/mol. The van der Waals surface area contributed by atoms with Gasteiger partial charge < -0.3 is 10.2 Å². The van der Waals surface area contributed by atoms with Crippen molar-refractivity contribution >= 4 is 29.0 Å². The van der Waals surface area contributed by atoms with E-state index in [1.807, 2.05) is 24.3 Å². The quantitative estimate of drug-likeness (QED) is 0.873. The van der Waals surface area contributed by atoms with Crippen molar-refractivity contribution in [3.05, 3.63) is 47.1 Å². The van der Waals surface area contributed by atoms with Crippen molar-refractivity contribution in [2.45, 2.75) is 39.0 Å². The van der Waals surface area contributed by atoms with E-state index in [1.165, 1.54) is 0 Å². The Labute approximate surface area is 159 Å². The predicted octanol–water partition coefficient (Wildman–Crippen LogP) is 4.28.